The molecule has 0 amide bonds. The predicted octanol–water partition coefficient (Wildman–Crippen LogP) is 5.36. The van der Waals surface area contributed by atoms with Crippen LogP contribution in [0.1, 0.15) is 11.3 Å². The Morgan fingerprint density at radius 1 is 1.11 bits per heavy atom. The van der Waals surface area contributed by atoms with Crippen molar-refractivity contribution in [2.45, 2.75) is 17.6 Å². The molecule has 0 fully saturated rings. The van der Waals surface area contributed by atoms with E-state index in [9.17, 15) is 26.0 Å². The predicted molar refractivity (Wildman–Crippen MR) is 126 cm³/mol. The van der Waals surface area contributed by atoms with E-state index >= 15 is 0 Å². The Hall–Kier alpha value is -2.93. The first-order valence-electron chi connectivity index (χ1n) is 9.66. The monoisotopic (exact) mass is 549 g/mol. The number of hydrogen-bond donors (Lipinski definition) is 2. The fraction of sp³-hybridized carbons (Fsp3) is 0.143. The molecule has 0 saturated carbocycles. The zero-order valence-corrected chi connectivity index (χ0v) is 20.2. The van der Waals surface area contributed by atoms with Gasteiger partial charge in [-0.3, -0.25) is 4.98 Å². The summed E-state index contributed by atoms with van der Waals surface area (Å²) in [5.74, 6) is -0.806. The number of benzene rings is 1. The molecule has 0 radical (unpaired) electrons. The summed E-state index contributed by atoms with van der Waals surface area (Å²) in [5.41, 5.74) is 0.222. The number of fused-ring (bicyclic) bond motifs is 1. The third-order valence-electron chi connectivity index (χ3n) is 4.88. The van der Waals surface area contributed by atoms with Gasteiger partial charge < -0.3 is 10.6 Å². The lowest BCUT2D eigenvalue weighted by Crippen LogP contribution is -2.13. The Labute approximate surface area is 208 Å². The van der Waals surface area contributed by atoms with Gasteiger partial charge in [0, 0.05) is 30.0 Å². The molecule has 35 heavy (non-hydrogen) atoms. The average molecular weight is 550 g/mol. The number of halogens is 6. The van der Waals surface area contributed by atoms with Gasteiger partial charge in [-0.15, -0.1) is 12.4 Å². The number of nitrogens with one attached hydrogen (secondary N) is 2. The minimum absolute atomic E-state index is 0. The number of hydrogen-bond acceptors (Lipinski definition) is 6. The second kappa shape index (κ2) is 9.97. The lowest BCUT2D eigenvalue weighted by Gasteiger charge is -2.12. The number of anilines is 2. The molecule has 3 aromatic heterocycles. The number of nitrogens with zero attached hydrogens (tertiary/aromatic N) is 3. The standard InChI is InChI=1S/C21H16ClF4N5O2S.ClH/c1-27-8-12-11-31(34(32,33)15-6-13(23)9-28-10-15)18-7-14(2-3-16(12)18)29-17-4-5-19(21(24,25)26)30-20(17)22;/h2-7,9-11,27,29H,8H2,1H3;1H. The third-order valence-corrected chi connectivity index (χ3v) is 6.80. The van der Waals surface area contributed by atoms with Crippen molar-refractivity contribution in [1.29, 1.82) is 0 Å². The Balaban J connectivity index is 0.00000342. The quantitative estimate of drug-likeness (QED) is 0.248. The lowest BCUT2D eigenvalue weighted by atomic mass is 10.1. The largest absolute Gasteiger partial charge is 0.433 e. The molecule has 2 N–H and O–H groups in total. The maximum atomic E-state index is 13.7. The van der Waals surface area contributed by atoms with Gasteiger partial charge in [0.1, 0.15) is 16.4 Å². The minimum atomic E-state index is -4.65. The van der Waals surface area contributed by atoms with E-state index < -0.39 is 32.9 Å². The number of pyridine rings is 2. The normalized spacial score (nSPS) is 11.9. The van der Waals surface area contributed by atoms with E-state index in [1.165, 1.54) is 12.3 Å². The van der Waals surface area contributed by atoms with E-state index in [1.807, 2.05) is 0 Å². The second-order valence-electron chi connectivity index (χ2n) is 7.21. The van der Waals surface area contributed by atoms with Crippen molar-refractivity contribution >= 4 is 56.3 Å². The van der Waals surface area contributed by atoms with Crippen LogP contribution in [0.4, 0.5) is 28.9 Å². The summed E-state index contributed by atoms with van der Waals surface area (Å²) in [5, 5.41) is 6.01. The zero-order valence-electron chi connectivity index (χ0n) is 17.8. The molecule has 3 heterocycles. The van der Waals surface area contributed by atoms with Crippen LogP contribution in [-0.2, 0) is 22.7 Å². The van der Waals surface area contributed by atoms with Crippen molar-refractivity contribution in [2.75, 3.05) is 12.4 Å². The van der Waals surface area contributed by atoms with Crippen LogP contribution in [-0.4, -0.2) is 29.4 Å². The second-order valence-corrected chi connectivity index (χ2v) is 9.39. The van der Waals surface area contributed by atoms with Crippen LogP contribution in [0.2, 0.25) is 5.15 Å². The van der Waals surface area contributed by atoms with Crippen LogP contribution >= 0.6 is 24.0 Å². The van der Waals surface area contributed by atoms with Gasteiger partial charge in [-0.05, 0) is 42.9 Å². The van der Waals surface area contributed by atoms with Crippen LogP contribution in [0.3, 0.4) is 0 Å². The van der Waals surface area contributed by atoms with E-state index in [-0.39, 0.29) is 28.5 Å². The molecule has 0 bridgehead atoms. The first-order chi connectivity index (χ1) is 16.0. The zero-order chi connectivity index (χ0) is 24.7. The van der Waals surface area contributed by atoms with Crippen molar-refractivity contribution in [3.8, 4) is 0 Å². The Bertz CT molecular complexity index is 1490. The summed E-state index contributed by atoms with van der Waals surface area (Å²) in [7, 11) is -2.51. The van der Waals surface area contributed by atoms with Gasteiger partial charge in [0.25, 0.3) is 10.0 Å². The molecular weight excluding hydrogens is 533 g/mol. The summed E-state index contributed by atoms with van der Waals surface area (Å²) < 4.78 is 79.7. The third kappa shape index (κ3) is 5.35. The molecule has 0 aliphatic rings. The fourth-order valence-corrected chi connectivity index (χ4v) is 4.92. The van der Waals surface area contributed by atoms with Crippen molar-refractivity contribution in [1.82, 2.24) is 19.3 Å². The number of aromatic nitrogens is 3. The smallest absolute Gasteiger partial charge is 0.353 e. The lowest BCUT2D eigenvalue weighted by molar-refractivity contribution is -0.141. The molecule has 1 aromatic carbocycles. The average Bonchev–Trinajstić information content (AvgIpc) is 3.13. The van der Waals surface area contributed by atoms with E-state index in [0.717, 1.165) is 34.6 Å². The highest BCUT2D eigenvalue weighted by Crippen LogP contribution is 2.34. The first kappa shape index (κ1) is 26.7. The molecule has 7 nitrogen and oxygen atoms in total. The molecule has 0 unspecified atom stereocenters. The van der Waals surface area contributed by atoms with Crippen molar-refractivity contribution in [3.63, 3.8) is 0 Å². The van der Waals surface area contributed by atoms with Gasteiger partial charge in [-0.2, -0.15) is 13.2 Å². The molecule has 14 heteroatoms. The molecular formula is C21H17Cl2F4N5O2S. The molecule has 4 aromatic rings. The molecule has 4 rings (SSSR count). The molecule has 0 aliphatic carbocycles. The molecule has 0 atom stereocenters. The van der Waals surface area contributed by atoms with Gasteiger partial charge in [0.05, 0.1) is 17.4 Å². The van der Waals surface area contributed by atoms with Crippen molar-refractivity contribution < 1.29 is 26.0 Å². The van der Waals surface area contributed by atoms with E-state index in [1.54, 1.807) is 19.2 Å². The Morgan fingerprint density at radius 2 is 1.86 bits per heavy atom. The summed E-state index contributed by atoms with van der Waals surface area (Å²) in [4.78, 5) is 6.64. The van der Waals surface area contributed by atoms with Gasteiger partial charge >= 0.3 is 6.18 Å². The van der Waals surface area contributed by atoms with Gasteiger partial charge in [-0.25, -0.2) is 21.8 Å². The summed E-state index contributed by atoms with van der Waals surface area (Å²) in [6.45, 7) is 0.349. The number of alkyl halides is 3. The van der Waals surface area contributed by atoms with Crippen molar-refractivity contribution in [3.05, 3.63) is 77.2 Å². The molecule has 0 spiro atoms. The van der Waals surface area contributed by atoms with E-state index in [2.05, 4.69) is 20.6 Å². The molecule has 0 saturated heterocycles. The van der Waals surface area contributed by atoms with Crippen LogP contribution in [0.15, 0.2) is 59.9 Å². The van der Waals surface area contributed by atoms with Crippen molar-refractivity contribution in [2.24, 2.45) is 0 Å². The minimum Gasteiger partial charge on any atom is -0.353 e. The Morgan fingerprint density at radius 3 is 2.49 bits per heavy atom. The maximum Gasteiger partial charge on any atom is 0.433 e. The van der Waals surface area contributed by atoms with Crippen LogP contribution in [0.5, 0.6) is 0 Å². The highest BCUT2D eigenvalue weighted by atomic mass is 35.5. The van der Waals surface area contributed by atoms with Crippen LogP contribution in [0, 0.1) is 5.82 Å². The molecule has 186 valence electrons. The van der Waals surface area contributed by atoms with E-state index in [0.29, 0.717) is 23.2 Å². The highest BCUT2D eigenvalue weighted by Gasteiger charge is 2.33. The van der Waals surface area contributed by atoms with Crippen LogP contribution in [0.25, 0.3) is 10.9 Å². The van der Waals surface area contributed by atoms with Gasteiger partial charge in [0.15, 0.2) is 5.15 Å². The maximum absolute atomic E-state index is 13.7. The van der Waals surface area contributed by atoms with Gasteiger partial charge in [0.2, 0.25) is 0 Å². The number of rotatable bonds is 6. The van der Waals surface area contributed by atoms with E-state index in [4.69, 9.17) is 11.6 Å². The molecule has 0 aliphatic heterocycles. The first-order valence-corrected chi connectivity index (χ1v) is 11.5. The topological polar surface area (TPSA) is 88.9 Å². The Kier molecular flexibility index (Phi) is 7.60. The summed E-state index contributed by atoms with van der Waals surface area (Å²) >= 11 is 5.92. The van der Waals surface area contributed by atoms with Gasteiger partial charge in [-0.1, -0.05) is 17.7 Å². The summed E-state index contributed by atoms with van der Waals surface area (Å²) in [6, 6.07) is 7.54. The fourth-order valence-electron chi connectivity index (χ4n) is 3.36. The highest BCUT2D eigenvalue weighted by molar-refractivity contribution is 7.90. The van der Waals surface area contributed by atoms with Crippen LogP contribution < -0.4 is 10.6 Å². The SMILES string of the molecule is CNCc1cn(S(=O)(=O)c2cncc(F)c2)c2cc(Nc3ccc(C(F)(F)F)nc3Cl)ccc12.Cl. The summed E-state index contributed by atoms with van der Waals surface area (Å²) in [6.07, 6.45) is -1.30.